The SMILES string of the molecule is O=C(O)/C(=N\[O-])c1csc(NC(c2ccccc2)(c2ccccc2)c2ccccc2)n1. The first-order chi connectivity index (χ1) is 15.1. The number of aromatic nitrogens is 1. The van der Waals surface area contributed by atoms with Crippen LogP contribution in [0.5, 0.6) is 0 Å². The van der Waals surface area contributed by atoms with Gasteiger partial charge in [-0.2, -0.15) is 0 Å². The van der Waals surface area contributed by atoms with Gasteiger partial charge in [0.1, 0.15) is 11.2 Å². The highest BCUT2D eigenvalue weighted by Crippen LogP contribution is 2.40. The Kier molecular flexibility index (Phi) is 5.77. The fraction of sp³-hybridized carbons (Fsp3) is 0.0417. The maximum absolute atomic E-state index is 11.3. The van der Waals surface area contributed by atoms with Gasteiger partial charge >= 0.3 is 5.97 Å². The monoisotopic (exact) mass is 428 g/mol. The molecule has 2 N–H and O–H groups in total. The Labute approximate surface area is 183 Å². The van der Waals surface area contributed by atoms with Gasteiger partial charge in [0, 0.05) is 5.38 Å². The Morgan fingerprint density at radius 1 is 0.871 bits per heavy atom. The van der Waals surface area contributed by atoms with E-state index in [0.29, 0.717) is 5.13 Å². The van der Waals surface area contributed by atoms with Gasteiger partial charge in [-0.05, 0) is 16.7 Å². The molecule has 0 amide bonds. The summed E-state index contributed by atoms with van der Waals surface area (Å²) in [6.07, 6.45) is 0. The average Bonchev–Trinajstić information content (AvgIpc) is 3.27. The molecule has 31 heavy (non-hydrogen) atoms. The summed E-state index contributed by atoms with van der Waals surface area (Å²) < 4.78 is 0. The third-order valence-electron chi connectivity index (χ3n) is 4.96. The molecule has 7 heteroatoms. The van der Waals surface area contributed by atoms with Gasteiger partial charge in [-0.25, -0.2) is 9.78 Å². The third-order valence-corrected chi connectivity index (χ3v) is 5.71. The lowest BCUT2D eigenvalue weighted by Crippen LogP contribution is -2.38. The van der Waals surface area contributed by atoms with Crippen molar-refractivity contribution in [2.24, 2.45) is 5.16 Å². The number of thiazole rings is 1. The van der Waals surface area contributed by atoms with Gasteiger partial charge < -0.3 is 20.8 Å². The molecule has 0 unspecified atom stereocenters. The number of benzene rings is 3. The van der Waals surface area contributed by atoms with E-state index in [-0.39, 0.29) is 5.69 Å². The number of carboxylic acids is 1. The minimum absolute atomic E-state index is 0.0260. The van der Waals surface area contributed by atoms with Crippen molar-refractivity contribution < 1.29 is 9.90 Å². The van der Waals surface area contributed by atoms with Gasteiger partial charge in [-0.3, -0.25) is 0 Å². The quantitative estimate of drug-likeness (QED) is 0.247. The molecule has 0 saturated heterocycles. The van der Waals surface area contributed by atoms with Crippen LogP contribution in [-0.4, -0.2) is 21.8 Å². The van der Waals surface area contributed by atoms with E-state index >= 15 is 0 Å². The Balaban J connectivity index is 1.91. The smallest absolute Gasteiger partial charge is 0.355 e. The maximum Gasteiger partial charge on any atom is 0.355 e. The Bertz CT molecular complexity index is 1100. The molecule has 3 aromatic carbocycles. The molecule has 6 nitrogen and oxygen atoms in total. The normalized spacial score (nSPS) is 11.8. The van der Waals surface area contributed by atoms with Gasteiger partial charge in [0.05, 0.1) is 0 Å². The van der Waals surface area contributed by atoms with E-state index in [9.17, 15) is 15.1 Å². The summed E-state index contributed by atoms with van der Waals surface area (Å²) in [5.74, 6) is -1.41. The number of carboxylic acid groups (broad SMARTS) is 1. The summed E-state index contributed by atoms with van der Waals surface area (Å²) in [6, 6.07) is 29.9. The van der Waals surface area contributed by atoms with Crippen molar-refractivity contribution in [3.63, 3.8) is 0 Å². The number of anilines is 1. The summed E-state index contributed by atoms with van der Waals surface area (Å²) in [4.78, 5) is 15.7. The molecular weight excluding hydrogens is 410 g/mol. The molecule has 0 radical (unpaired) electrons. The first-order valence-electron chi connectivity index (χ1n) is 9.49. The molecule has 1 aromatic heterocycles. The van der Waals surface area contributed by atoms with Crippen LogP contribution in [0.2, 0.25) is 0 Å². The number of nitrogens with one attached hydrogen (secondary N) is 1. The number of hydrogen-bond acceptors (Lipinski definition) is 6. The van der Waals surface area contributed by atoms with Crippen LogP contribution in [0, 0.1) is 5.21 Å². The summed E-state index contributed by atoms with van der Waals surface area (Å²) in [5.41, 5.74) is 1.57. The second-order valence-electron chi connectivity index (χ2n) is 6.76. The van der Waals surface area contributed by atoms with Crippen LogP contribution in [-0.2, 0) is 10.3 Å². The van der Waals surface area contributed by atoms with Gasteiger partial charge in [0.2, 0.25) is 0 Å². The summed E-state index contributed by atoms with van der Waals surface area (Å²) in [5, 5.41) is 28.3. The lowest BCUT2D eigenvalue weighted by atomic mass is 9.77. The predicted octanol–water partition coefficient (Wildman–Crippen LogP) is 4.92. The number of nitrogens with zero attached hydrogens (tertiary/aromatic N) is 2. The molecular formula is C24H18N3O3S-. The van der Waals surface area contributed by atoms with Crippen LogP contribution in [0.15, 0.2) is 102 Å². The molecule has 0 spiro atoms. The molecule has 0 aliphatic rings. The molecule has 0 aliphatic carbocycles. The molecule has 1 heterocycles. The number of carbonyl (C=O) groups is 1. The van der Waals surface area contributed by atoms with Crippen molar-refractivity contribution in [2.45, 2.75) is 5.54 Å². The lowest BCUT2D eigenvalue weighted by Gasteiger charge is -2.36. The minimum Gasteiger partial charge on any atom is -0.791 e. The van der Waals surface area contributed by atoms with E-state index in [1.54, 1.807) is 0 Å². The van der Waals surface area contributed by atoms with Crippen molar-refractivity contribution in [1.82, 2.24) is 4.98 Å². The number of hydrogen-bond donors (Lipinski definition) is 2. The van der Waals surface area contributed by atoms with Gasteiger partial charge in [0.25, 0.3) is 0 Å². The summed E-state index contributed by atoms with van der Waals surface area (Å²) >= 11 is 1.22. The van der Waals surface area contributed by atoms with Crippen molar-refractivity contribution in [3.05, 3.63) is 124 Å². The highest BCUT2D eigenvalue weighted by atomic mass is 32.1. The largest absolute Gasteiger partial charge is 0.791 e. The van der Waals surface area contributed by atoms with Gasteiger partial charge in [0.15, 0.2) is 10.8 Å². The lowest BCUT2D eigenvalue weighted by molar-refractivity contribution is -0.129. The van der Waals surface area contributed by atoms with E-state index in [1.807, 2.05) is 91.0 Å². The molecule has 0 atom stereocenters. The topological polar surface area (TPSA) is 97.6 Å². The van der Waals surface area contributed by atoms with Crippen LogP contribution in [0.1, 0.15) is 22.4 Å². The zero-order chi connectivity index (χ0) is 21.7. The van der Waals surface area contributed by atoms with Crippen LogP contribution < -0.4 is 5.32 Å². The average molecular weight is 428 g/mol. The van der Waals surface area contributed by atoms with Crippen molar-refractivity contribution in [1.29, 1.82) is 0 Å². The summed E-state index contributed by atoms with van der Waals surface area (Å²) in [6.45, 7) is 0. The highest BCUT2D eigenvalue weighted by molar-refractivity contribution is 7.14. The van der Waals surface area contributed by atoms with E-state index in [2.05, 4.69) is 15.5 Å². The van der Waals surface area contributed by atoms with Gasteiger partial charge in [-0.15, -0.1) is 11.3 Å². The number of aliphatic carboxylic acids is 1. The Hall–Kier alpha value is -3.97. The first kappa shape index (κ1) is 20.3. The molecule has 0 saturated carbocycles. The van der Waals surface area contributed by atoms with Crippen molar-refractivity contribution in [3.8, 4) is 0 Å². The second kappa shape index (κ2) is 8.81. The Morgan fingerprint density at radius 2 is 1.32 bits per heavy atom. The van der Waals surface area contributed by atoms with E-state index < -0.39 is 17.2 Å². The number of rotatable bonds is 7. The predicted molar refractivity (Wildman–Crippen MR) is 122 cm³/mol. The molecule has 0 fully saturated rings. The fourth-order valence-corrected chi connectivity index (χ4v) is 4.33. The van der Waals surface area contributed by atoms with Gasteiger partial charge in [-0.1, -0.05) is 91.0 Å². The fourth-order valence-electron chi connectivity index (χ4n) is 3.58. The van der Waals surface area contributed by atoms with E-state index in [0.717, 1.165) is 16.7 Å². The van der Waals surface area contributed by atoms with Crippen molar-refractivity contribution >= 4 is 28.1 Å². The van der Waals surface area contributed by atoms with Crippen molar-refractivity contribution in [2.75, 3.05) is 5.32 Å². The third kappa shape index (κ3) is 3.91. The molecule has 0 bridgehead atoms. The van der Waals surface area contributed by atoms with Crippen LogP contribution in [0.3, 0.4) is 0 Å². The molecule has 0 aliphatic heterocycles. The molecule has 4 rings (SSSR count). The zero-order valence-electron chi connectivity index (χ0n) is 16.3. The Morgan fingerprint density at radius 3 is 1.71 bits per heavy atom. The first-order valence-corrected chi connectivity index (χ1v) is 10.4. The zero-order valence-corrected chi connectivity index (χ0v) is 17.1. The van der Waals surface area contributed by atoms with E-state index in [4.69, 9.17) is 0 Å². The molecule has 154 valence electrons. The maximum atomic E-state index is 11.3. The van der Waals surface area contributed by atoms with Crippen LogP contribution in [0.25, 0.3) is 0 Å². The minimum atomic E-state index is -1.41. The van der Waals surface area contributed by atoms with E-state index in [1.165, 1.54) is 16.7 Å². The highest BCUT2D eigenvalue weighted by Gasteiger charge is 2.37. The van der Waals surface area contributed by atoms with Crippen LogP contribution >= 0.6 is 11.3 Å². The second-order valence-corrected chi connectivity index (χ2v) is 7.61. The summed E-state index contributed by atoms with van der Waals surface area (Å²) in [7, 11) is 0. The van der Waals surface area contributed by atoms with Crippen LogP contribution in [0.4, 0.5) is 5.13 Å². The molecule has 4 aromatic rings. The standard InChI is InChI=1S/C24H19N3O3S/c28-22(29)21(27-30)20-16-31-23(25-20)26-24(17-10-4-1-5-11-17,18-12-6-2-7-13-18)19-14-8-3-9-15-19/h1-16,30H,(H,25,26)(H,28,29)/p-1/b27-21-.